The molecule has 0 N–H and O–H groups in total. The number of nitrogens with zero attached hydrogens (tertiary/aromatic N) is 3. The number of carbonyl (C=O) groups excluding carboxylic acids is 1. The van der Waals surface area contributed by atoms with Crippen molar-refractivity contribution in [2.75, 3.05) is 0 Å². The Balaban J connectivity index is 1.62. The molecule has 1 saturated heterocycles. The van der Waals surface area contributed by atoms with Crippen LogP contribution in [0.4, 0.5) is 13.2 Å². The Kier molecular flexibility index (Phi) is 11.0. The van der Waals surface area contributed by atoms with Crippen LogP contribution in [0.3, 0.4) is 0 Å². The number of Topliss-reactive ketones (excluding diaryl/α,β-unsaturated/α-hetero) is 1. The van der Waals surface area contributed by atoms with Crippen molar-refractivity contribution in [3.8, 4) is 17.3 Å². The van der Waals surface area contributed by atoms with Gasteiger partial charge in [0.2, 0.25) is 8.32 Å². The molecule has 1 aliphatic heterocycles. The molecule has 4 rings (SSSR count). The van der Waals surface area contributed by atoms with Gasteiger partial charge in [0, 0.05) is 18.8 Å². The van der Waals surface area contributed by atoms with Crippen LogP contribution >= 0.6 is 0 Å². The first-order valence-corrected chi connectivity index (χ1v) is 17.7. The zero-order chi connectivity index (χ0) is 33.1. The molecule has 3 aromatic rings. The van der Waals surface area contributed by atoms with Gasteiger partial charge in [0.15, 0.2) is 5.78 Å². The number of halogens is 3. The van der Waals surface area contributed by atoms with Crippen molar-refractivity contribution in [1.29, 1.82) is 5.26 Å². The van der Waals surface area contributed by atoms with Gasteiger partial charge in [-0.15, -0.1) is 0 Å². The molecule has 0 aliphatic carbocycles. The van der Waals surface area contributed by atoms with E-state index in [-0.39, 0.29) is 30.6 Å². The van der Waals surface area contributed by atoms with E-state index in [1.807, 2.05) is 0 Å². The average Bonchev–Trinajstić information content (AvgIpc) is 2.97. The van der Waals surface area contributed by atoms with Gasteiger partial charge in [-0.2, -0.15) is 5.26 Å². The molecule has 3 heterocycles. The van der Waals surface area contributed by atoms with Gasteiger partial charge in [-0.3, -0.25) is 9.78 Å². The number of aromatic nitrogens is 2. The second-order valence-electron chi connectivity index (χ2n) is 12.9. The van der Waals surface area contributed by atoms with Crippen LogP contribution in [0.2, 0.25) is 16.6 Å². The Morgan fingerprint density at radius 1 is 1.02 bits per heavy atom. The number of carbonyl (C=O) groups is 1. The molecular formula is C35H42F3N3O3Si. The molecule has 0 saturated carbocycles. The lowest BCUT2D eigenvalue weighted by atomic mass is 9.85. The van der Waals surface area contributed by atoms with Gasteiger partial charge in [0.1, 0.15) is 28.8 Å². The lowest BCUT2D eigenvalue weighted by Gasteiger charge is -2.49. The second kappa shape index (κ2) is 14.4. The van der Waals surface area contributed by atoms with Crippen LogP contribution in [0.5, 0.6) is 0 Å². The first-order chi connectivity index (χ1) is 21.3. The quantitative estimate of drug-likeness (QED) is 0.154. The van der Waals surface area contributed by atoms with Gasteiger partial charge in [-0.05, 0) is 70.4 Å². The normalized spacial score (nSPS) is 20.5. The molecule has 2 aromatic heterocycles. The number of benzene rings is 1. The third kappa shape index (κ3) is 7.06. The maximum atomic E-state index is 14.7. The van der Waals surface area contributed by atoms with Crippen LogP contribution in [0.15, 0.2) is 48.8 Å². The average molecular weight is 638 g/mol. The standard InChI is InChI=1S/C35H42F3N3O3Si/c1-20(2)45(21(3)4,22(5)6)44-35-23(7)17-32(43-31(35)13-15-39)25-14-16-40-19-24(25)18-30(42)29-12-11-28(38)34(41-29)33-26(36)9-8-10-27(33)37/h8-12,14,16,19-23,31-32,35H,13,17-18H2,1-7H3/t23-,31-,32-,35+/m1/s1. The van der Waals surface area contributed by atoms with Gasteiger partial charge in [-0.25, -0.2) is 18.2 Å². The smallest absolute Gasteiger partial charge is 0.200 e. The molecule has 0 bridgehead atoms. The van der Waals surface area contributed by atoms with Gasteiger partial charge in [0.05, 0.1) is 36.4 Å². The molecule has 0 unspecified atom stereocenters. The molecular weight excluding hydrogens is 595 g/mol. The van der Waals surface area contributed by atoms with Crippen molar-refractivity contribution >= 4 is 14.1 Å². The van der Waals surface area contributed by atoms with E-state index in [2.05, 4.69) is 64.5 Å². The molecule has 0 spiro atoms. The summed E-state index contributed by atoms with van der Waals surface area (Å²) in [5.74, 6) is -3.30. The fourth-order valence-electron chi connectivity index (χ4n) is 7.13. The van der Waals surface area contributed by atoms with Crippen LogP contribution in [-0.4, -0.2) is 36.3 Å². The minimum atomic E-state index is -2.26. The van der Waals surface area contributed by atoms with Gasteiger partial charge >= 0.3 is 0 Å². The minimum Gasteiger partial charge on any atom is -0.410 e. The summed E-state index contributed by atoms with van der Waals surface area (Å²) in [6, 6.07) is 9.46. The number of ether oxygens (including phenoxy) is 1. The van der Waals surface area contributed by atoms with Crippen LogP contribution in [0.1, 0.15) is 89.0 Å². The highest BCUT2D eigenvalue weighted by molar-refractivity contribution is 6.77. The molecule has 1 aliphatic rings. The topological polar surface area (TPSA) is 85.1 Å². The van der Waals surface area contributed by atoms with E-state index in [1.54, 1.807) is 18.5 Å². The third-order valence-corrected chi connectivity index (χ3v) is 15.3. The van der Waals surface area contributed by atoms with Crippen LogP contribution in [0.25, 0.3) is 11.3 Å². The number of ketones is 1. The van der Waals surface area contributed by atoms with Crippen molar-refractivity contribution in [3.63, 3.8) is 0 Å². The van der Waals surface area contributed by atoms with Crippen molar-refractivity contribution < 1.29 is 27.1 Å². The van der Waals surface area contributed by atoms with Crippen molar-refractivity contribution in [3.05, 3.63) is 83.1 Å². The number of nitriles is 1. The van der Waals surface area contributed by atoms with E-state index < -0.39 is 55.0 Å². The summed E-state index contributed by atoms with van der Waals surface area (Å²) >= 11 is 0. The van der Waals surface area contributed by atoms with E-state index in [0.29, 0.717) is 28.6 Å². The maximum absolute atomic E-state index is 14.7. The Morgan fingerprint density at radius 3 is 2.27 bits per heavy atom. The lowest BCUT2D eigenvalue weighted by molar-refractivity contribution is -0.136. The minimum absolute atomic E-state index is 0.0685. The first-order valence-electron chi connectivity index (χ1n) is 15.6. The number of hydrogen-bond acceptors (Lipinski definition) is 6. The number of hydrogen-bond donors (Lipinski definition) is 0. The highest BCUT2D eigenvalue weighted by Crippen LogP contribution is 2.47. The monoisotopic (exact) mass is 637 g/mol. The summed E-state index contributed by atoms with van der Waals surface area (Å²) < 4.78 is 57.3. The van der Waals surface area contributed by atoms with Gasteiger partial charge in [-0.1, -0.05) is 54.5 Å². The molecule has 240 valence electrons. The largest absolute Gasteiger partial charge is 0.410 e. The summed E-state index contributed by atoms with van der Waals surface area (Å²) in [7, 11) is -2.26. The number of pyridine rings is 2. The van der Waals surface area contributed by atoms with Crippen LogP contribution < -0.4 is 0 Å². The molecule has 4 atom stereocenters. The van der Waals surface area contributed by atoms with E-state index in [0.717, 1.165) is 23.8 Å². The molecule has 0 amide bonds. The van der Waals surface area contributed by atoms with Crippen molar-refractivity contribution in [1.82, 2.24) is 9.97 Å². The van der Waals surface area contributed by atoms with Gasteiger partial charge in [0.25, 0.3) is 0 Å². The number of rotatable bonds is 11. The van der Waals surface area contributed by atoms with Crippen LogP contribution in [0, 0.1) is 34.7 Å². The highest BCUT2D eigenvalue weighted by Gasteiger charge is 2.50. The maximum Gasteiger partial charge on any atom is 0.200 e. The third-order valence-electron chi connectivity index (χ3n) is 9.16. The first kappa shape index (κ1) is 34.5. The summed E-state index contributed by atoms with van der Waals surface area (Å²) in [4.78, 5) is 21.7. The molecule has 1 fully saturated rings. The highest BCUT2D eigenvalue weighted by atomic mass is 28.4. The lowest BCUT2D eigenvalue weighted by Crippen LogP contribution is -2.55. The van der Waals surface area contributed by atoms with Gasteiger partial charge < -0.3 is 9.16 Å². The second-order valence-corrected chi connectivity index (χ2v) is 18.3. The zero-order valence-electron chi connectivity index (χ0n) is 27.0. The summed E-state index contributed by atoms with van der Waals surface area (Å²) in [6.45, 7) is 15.5. The van der Waals surface area contributed by atoms with Crippen molar-refractivity contribution in [2.45, 2.75) is 103 Å². The Morgan fingerprint density at radius 2 is 1.67 bits per heavy atom. The predicted molar refractivity (Wildman–Crippen MR) is 169 cm³/mol. The molecule has 6 nitrogen and oxygen atoms in total. The predicted octanol–water partition coefficient (Wildman–Crippen LogP) is 8.93. The molecule has 0 radical (unpaired) electrons. The Labute approximate surface area is 265 Å². The molecule has 1 aromatic carbocycles. The molecule has 10 heteroatoms. The summed E-state index contributed by atoms with van der Waals surface area (Å²) in [5.41, 5.74) is 1.15. The molecule has 45 heavy (non-hydrogen) atoms. The fraction of sp³-hybridized carbons (Fsp3) is 0.486. The SMILES string of the molecule is CC(C)[Si](O[C@H]1[C@H](C)C[C@H](c2ccncc2CC(=O)c2ccc(F)c(-c3c(F)cccc3F)n2)O[C@@H]1CC#N)(C(C)C)C(C)C. The van der Waals surface area contributed by atoms with Crippen LogP contribution in [-0.2, 0) is 15.6 Å². The Bertz CT molecular complexity index is 1520. The summed E-state index contributed by atoms with van der Waals surface area (Å²) in [6.07, 6.45) is 2.73. The van der Waals surface area contributed by atoms with E-state index >= 15 is 0 Å². The summed E-state index contributed by atoms with van der Waals surface area (Å²) in [5, 5.41) is 9.75. The zero-order valence-corrected chi connectivity index (χ0v) is 28.0. The van der Waals surface area contributed by atoms with E-state index in [4.69, 9.17) is 9.16 Å². The Hall–Kier alpha value is -3.39. The van der Waals surface area contributed by atoms with Crippen molar-refractivity contribution in [2.24, 2.45) is 5.92 Å². The fourth-order valence-corrected chi connectivity index (χ4v) is 12.8. The van der Waals surface area contributed by atoms with E-state index in [1.165, 1.54) is 12.1 Å². The van der Waals surface area contributed by atoms with E-state index in [9.17, 15) is 23.2 Å².